The first-order valence-electron chi connectivity index (χ1n) is 5.68. The van der Waals surface area contributed by atoms with Gasteiger partial charge in [0.1, 0.15) is 5.75 Å². The van der Waals surface area contributed by atoms with Crippen LogP contribution in [0.15, 0.2) is 40.9 Å². The maximum absolute atomic E-state index is 11.9. The minimum absolute atomic E-state index is 0.0391. The molecule has 0 aliphatic carbocycles. The number of esters is 1. The third-order valence-corrected chi connectivity index (χ3v) is 3.64. The minimum Gasteiger partial charge on any atom is -0.507 e. The summed E-state index contributed by atoms with van der Waals surface area (Å²) in [4.78, 5) is 11.9. The molecule has 0 fully saturated rings. The zero-order chi connectivity index (χ0) is 14.7. The molecule has 0 spiro atoms. The smallest absolute Gasteiger partial charge is 0.339 e. The summed E-state index contributed by atoms with van der Waals surface area (Å²) in [5.74, 6) is -0.588. The van der Waals surface area contributed by atoms with Crippen LogP contribution in [0, 0.1) is 11.3 Å². The summed E-state index contributed by atoms with van der Waals surface area (Å²) in [6.45, 7) is 0. The third-order valence-electron chi connectivity index (χ3n) is 2.84. The number of phenols is 1. The van der Waals surface area contributed by atoms with Crippen LogP contribution in [-0.4, -0.2) is 18.2 Å². The lowest BCUT2D eigenvalue weighted by Gasteiger charge is -2.11. The number of benzene rings is 2. The van der Waals surface area contributed by atoms with Crippen LogP contribution in [0.4, 0.5) is 0 Å². The van der Waals surface area contributed by atoms with Crippen molar-refractivity contribution < 1.29 is 14.6 Å². The van der Waals surface area contributed by atoms with Crippen molar-refractivity contribution in [2.45, 2.75) is 0 Å². The predicted octanol–water partition coefficient (Wildman–Crippen LogP) is 3.48. The van der Waals surface area contributed by atoms with Gasteiger partial charge in [0, 0.05) is 0 Å². The number of rotatable bonds is 2. The van der Waals surface area contributed by atoms with E-state index in [-0.39, 0.29) is 15.8 Å². The quantitative estimate of drug-likeness (QED) is 0.855. The van der Waals surface area contributed by atoms with Gasteiger partial charge in [0.05, 0.1) is 28.8 Å². The first kappa shape index (κ1) is 14.1. The zero-order valence-corrected chi connectivity index (χ0v) is 12.1. The Labute approximate surface area is 124 Å². The number of ether oxygens (including phenoxy) is 1. The first-order chi connectivity index (χ1) is 9.58. The number of methoxy groups -OCH3 is 1. The lowest BCUT2D eigenvalue weighted by Crippen LogP contribution is -2.05. The number of aromatic hydroxyl groups is 1. The molecule has 0 unspecified atom stereocenters. The van der Waals surface area contributed by atoms with Gasteiger partial charge >= 0.3 is 5.97 Å². The van der Waals surface area contributed by atoms with E-state index in [1.165, 1.54) is 13.2 Å². The highest BCUT2D eigenvalue weighted by Crippen LogP contribution is 2.36. The molecule has 0 aliphatic rings. The molecular formula is C15H10BrNO3. The van der Waals surface area contributed by atoms with Crippen LogP contribution in [0.1, 0.15) is 15.9 Å². The van der Waals surface area contributed by atoms with Gasteiger partial charge in [0.25, 0.3) is 0 Å². The lowest BCUT2D eigenvalue weighted by molar-refractivity contribution is 0.0600. The van der Waals surface area contributed by atoms with E-state index in [1.807, 2.05) is 6.07 Å². The van der Waals surface area contributed by atoms with Gasteiger partial charge in [0.2, 0.25) is 0 Å². The van der Waals surface area contributed by atoms with Gasteiger partial charge in [-0.1, -0.05) is 12.1 Å². The molecule has 0 heterocycles. The molecule has 2 aromatic carbocycles. The number of hydrogen-bond acceptors (Lipinski definition) is 4. The summed E-state index contributed by atoms with van der Waals surface area (Å²) < 4.78 is 5.03. The molecule has 2 rings (SSSR count). The molecule has 4 nitrogen and oxygen atoms in total. The molecule has 2 aromatic rings. The SMILES string of the molecule is COC(=O)c1c(-c2ccc(C#N)cc2)ccc(O)c1Br. The molecular weight excluding hydrogens is 322 g/mol. The van der Waals surface area contributed by atoms with E-state index in [0.717, 1.165) is 5.56 Å². The van der Waals surface area contributed by atoms with Crippen LogP contribution >= 0.6 is 15.9 Å². The van der Waals surface area contributed by atoms with Gasteiger partial charge in [0.15, 0.2) is 0 Å². The van der Waals surface area contributed by atoms with Crippen LogP contribution in [0.3, 0.4) is 0 Å². The topological polar surface area (TPSA) is 70.3 Å². The maximum atomic E-state index is 11.9. The minimum atomic E-state index is -0.549. The number of phenolic OH excluding ortho intramolecular Hbond substituents is 1. The normalized spacial score (nSPS) is 9.85. The first-order valence-corrected chi connectivity index (χ1v) is 6.48. The summed E-state index contributed by atoms with van der Waals surface area (Å²) in [5.41, 5.74) is 2.15. The average Bonchev–Trinajstić information content (AvgIpc) is 2.49. The van der Waals surface area contributed by atoms with Crippen molar-refractivity contribution in [3.63, 3.8) is 0 Å². The number of hydrogen-bond donors (Lipinski definition) is 1. The molecule has 0 aliphatic heterocycles. The Balaban J connectivity index is 2.64. The van der Waals surface area contributed by atoms with Crippen molar-refractivity contribution in [3.8, 4) is 22.9 Å². The Hall–Kier alpha value is -2.32. The highest BCUT2D eigenvalue weighted by atomic mass is 79.9. The Morgan fingerprint density at radius 3 is 2.45 bits per heavy atom. The second kappa shape index (κ2) is 5.76. The second-order valence-corrected chi connectivity index (χ2v) is 4.79. The average molecular weight is 332 g/mol. The molecule has 5 heteroatoms. The van der Waals surface area contributed by atoms with E-state index in [0.29, 0.717) is 11.1 Å². The van der Waals surface area contributed by atoms with Crippen molar-refractivity contribution in [1.82, 2.24) is 0 Å². The third kappa shape index (κ3) is 2.51. The number of halogens is 1. The molecule has 100 valence electrons. The zero-order valence-electron chi connectivity index (χ0n) is 10.6. The molecule has 0 saturated carbocycles. The van der Waals surface area contributed by atoms with Crippen LogP contribution in [-0.2, 0) is 4.74 Å². The van der Waals surface area contributed by atoms with E-state index < -0.39 is 5.97 Å². The second-order valence-electron chi connectivity index (χ2n) is 4.00. The molecule has 0 saturated heterocycles. The summed E-state index contributed by atoms with van der Waals surface area (Å²) >= 11 is 3.19. The van der Waals surface area contributed by atoms with Gasteiger partial charge in [-0.15, -0.1) is 0 Å². The number of carbonyl (C=O) groups is 1. The van der Waals surface area contributed by atoms with Crippen molar-refractivity contribution in [3.05, 3.63) is 52.0 Å². The van der Waals surface area contributed by atoms with Gasteiger partial charge in [-0.05, 0) is 51.3 Å². The fraction of sp³-hybridized carbons (Fsp3) is 0.0667. The van der Waals surface area contributed by atoms with Crippen molar-refractivity contribution in [2.75, 3.05) is 7.11 Å². The van der Waals surface area contributed by atoms with Crippen LogP contribution in [0.2, 0.25) is 0 Å². The molecule has 0 atom stereocenters. The largest absolute Gasteiger partial charge is 0.507 e. The fourth-order valence-corrected chi connectivity index (χ4v) is 2.34. The fourth-order valence-electron chi connectivity index (χ4n) is 1.83. The molecule has 0 amide bonds. The van der Waals surface area contributed by atoms with E-state index in [9.17, 15) is 9.90 Å². The lowest BCUT2D eigenvalue weighted by atomic mass is 9.98. The standard InChI is InChI=1S/C15H10BrNO3/c1-20-15(19)13-11(6-7-12(18)14(13)16)10-4-2-9(8-17)3-5-10/h2-7,18H,1H3. The van der Waals surface area contributed by atoms with E-state index in [1.54, 1.807) is 30.3 Å². The monoisotopic (exact) mass is 331 g/mol. The van der Waals surface area contributed by atoms with E-state index in [2.05, 4.69) is 15.9 Å². The Kier molecular flexibility index (Phi) is 4.06. The van der Waals surface area contributed by atoms with Crippen molar-refractivity contribution >= 4 is 21.9 Å². The van der Waals surface area contributed by atoms with Gasteiger partial charge < -0.3 is 9.84 Å². The van der Waals surface area contributed by atoms with Crippen LogP contribution in [0.25, 0.3) is 11.1 Å². The molecule has 0 aromatic heterocycles. The summed E-state index contributed by atoms with van der Waals surface area (Å²) in [6, 6.07) is 12.0. The summed E-state index contributed by atoms with van der Waals surface area (Å²) in [6.07, 6.45) is 0. The highest BCUT2D eigenvalue weighted by molar-refractivity contribution is 9.10. The predicted molar refractivity (Wildman–Crippen MR) is 77.3 cm³/mol. The van der Waals surface area contributed by atoms with Crippen molar-refractivity contribution in [2.24, 2.45) is 0 Å². The molecule has 0 radical (unpaired) electrons. The Morgan fingerprint density at radius 1 is 1.25 bits per heavy atom. The molecule has 1 N–H and O–H groups in total. The van der Waals surface area contributed by atoms with E-state index >= 15 is 0 Å². The number of nitriles is 1. The number of nitrogens with zero attached hydrogens (tertiary/aromatic N) is 1. The summed E-state index contributed by atoms with van der Waals surface area (Å²) in [7, 11) is 1.28. The van der Waals surface area contributed by atoms with E-state index in [4.69, 9.17) is 10.00 Å². The van der Waals surface area contributed by atoms with Gasteiger partial charge in [-0.25, -0.2) is 4.79 Å². The maximum Gasteiger partial charge on any atom is 0.339 e. The van der Waals surface area contributed by atoms with Crippen LogP contribution < -0.4 is 0 Å². The Morgan fingerprint density at radius 2 is 1.90 bits per heavy atom. The Bertz CT molecular complexity index is 702. The van der Waals surface area contributed by atoms with Crippen molar-refractivity contribution in [1.29, 1.82) is 5.26 Å². The summed E-state index contributed by atoms with van der Waals surface area (Å²) in [5, 5.41) is 18.5. The van der Waals surface area contributed by atoms with Gasteiger partial charge in [-0.2, -0.15) is 5.26 Å². The van der Waals surface area contributed by atoms with Gasteiger partial charge in [-0.3, -0.25) is 0 Å². The van der Waals surface area contributed by atoms with Crippen LogP contribution in [0.5, 0.6) is 5.75 Å². The molecule has 20 heavy (non-hydrogen) atoms. The molecule has 0 bridgehead atoms. The number of carbonyl (C=O) groups excluding carboxylic acids is 1. The highest BCUT2D eigenvalue weighted by Gasteiger charge is 2.19.